The summed E-state index contributed by atoms with van der Waals surface area (Å²) in [5, 5.41) is 45.4. The Morgan fingerprint density at radius 3 is 1.51 bits per heavy atom. The van der Waals surface area contributed by atoms with Crippen molar-refractivity contribution in [3.8, 4) is 22.9 Å². The number of para-hydroxylation sites is 2. The maximum atomic E-state index is 14.9. The van der Waals surface area contributed by atoms with E-state index < -0.39 is 23.4 Å². The Bertz CT molecular complexity index is 3470. The number of phenolic OH excluding ortho intramolecular Hbond substituents is 2. The molecular formula is C62H69F2N13O4. The van der Waals surface area contributed by atoms with Crippen LogP contribution < -0.4 is 43.8 Å². The Hall–Kier alpha value is -8.61. The molecule has 0 spiro atoms. The molecule has 0 bridgehead atoms. The Labute approximate surface area is 470 Å². The largest absolute Gasteiger partial charge is 0.508 e. The van der Waals surface area contributed by atoms with E-state index in [-0.39, 0.29) is 46.3 Å². The first kappa shape index (κ1) is 58.5. The molecule has 10 rings (SSSR count). The number of hydrogen-bond acceptors (Lipinski definition) is 12. The molecule has 0 aliphatic heterocycles. The van der Waals surface area contributed by atoms with Crippen LogP contribution >= 0.6 is 0 Å². The summed E-state index contributed by atoms with van der Waals surface area (Å²) in [4.78, 5) is 30.1. The monoisotopic (exact) mass is 1100 g/mol. The smallest absolute Gasteiger partial charge is 0.274 e. The molecule has 2 aliphatic carbocycles. The van der Waals surface area contributed by atoms with E-state index in [9.17, 15) is 28.6 Å². The lowest BCUT2D eigenvalue weighted by molar-refractivity contribution is 0.101. The van der Waals surface area contributed by atoms with Crippen LogP contribution in [0.4, 0.5) is 25.8 Å². The van der Waals surface area contributed by atoms with Gasteiger partial charge in [0.15, 0.2) is 5.69 Å². The highest BCUT2D eigenvalue weighted by atomic mass is 19.1. The highest BCUT2D eigenvalue weighted by Crippen LogP contribution is 2.36. The summed E-state index contributed by atoms with van der Waals surface area (Å²) in [5.41, 5.74) is 23.4. The van der Waals surface area contributed by atoms with E-state index >= 15 is 0 Å². The topological polar surface area (TPSA) is 253 Å². The summed E-state index contributed by atoms with van der Waals surface area (Å²) in [6.45, 7) is 15.9. The van der Waals surface area contributed by atoms with Crippen molar-refractivity contribution in [1.29, 1.82) is 0 Å². The average Bonchev–Trinajstić information content (AvgIpc) is 4.46. The van der Waals surface area contributed by atoms with Gasteiger partial charge in [-0.2, -0.15) is 10.2 Å². The van der Waals surface area contributed by atoms with Gasteiger partial charge in [-0.3, -0.25) is 9.59 Å². The molecule has 8 aromatic rings. The maximum absolute atomic E-state index is 14.9. The number of amides is 2. The highest BCUT2D eigenvalue weighted by molar-refractivity contribution is 6.04. The Balaban J connectivity index is 0.000000190. The van der Waals surface area contributed by atoms with E-state index in [1.807, 2.05) is 48.5 Å². The molecule has 6 aromatic carbocycles. The number of nitrogens with two attached hydrogens (primary N) is 3. The molecule has 2 fully saturated rings. The predicted octanol–water partition coefficient (Wildman–Crippen LogP) is 9.24. The van der Waals surface area contributed by atoms with Crippen LogP contribution in [-0.4, -0.2) is 80.9 Å². The number of halogens is 2. The van der Waals surface area contributed by atoms with Crippen LogP contribution in [-0.2, 0) is 6.54 Å². The van der Waals surface area contributed by atoms with Crippen molar-refractivity contribution in [3.05, 3.63) is 219 Å². The number of anilines is 2. The number of hydrogen-bond donors (Lipinski definition) is 10. The molecule has 2 unspecified atom stereocenters. The van der Waals surface area contributed by atoms with Gasteiger partial charge in [0.2, 0.25) is 0 Å². The van der Waals surface area contributed by atoms with Crippen molar-refractivity contribution in [2.24, 2.45) is 29.0 Å². The Morgan fingerprint density at radius 1 is 0.617 bits per heavy atom. The predicted molar refractivity (Wildman–Crippen MR) is 312 cm³/mol. The quantitative estimate of drug-likeness (QED) is 0.0239. The molecule has 2 aliphatic rings. The van der Waals surface area contributed by atoms with Crippen LogP contribution in [0.1, 0.15) is 97.9 Å². The average molecular weight is 1100 g/mol. The maximum Gasteiger partial charge on any atom is 0.274 e. The standard InChI is InChI=1S/C29H26FN5O2.C29H30FN5O2.C4H13N3/c1-18-14-26(35(34-18)22-7-5-6-21(16-22)31-2)29(37)33-25-15-20(12-13-24(25)30)28(32-17-19-10-11-19)23-8-3-4-9-27(23)36;1-18-13-26(35(34-18)22-6-4-5-20(14-22)16-31)29(37)33-25-15-21(11-12-24(25)30)28(32-17-19-9-10-19)23-7-2-3-8-27(23)36;5-1-3-7-4-2-6/h3-9,12-16,19,28,32,36H,10-11,17H2,1H3,(H,33,37);2-8,11-15,19,28,32,36H,9-10,16-17,31H2,1H3,(H,33,37);7H,1-6H2. The van der Waals surface area contributed by atoms with E-state index in [0.717, 1.165) is 50.1 Å². The van der Waals surface area contributed by atoms with Gasteiger partial charge in [-0.25, -0.2) is 23.0 Å². The normalized spacial score (nSPS) is 13.4. The van der Waals surface area contributed by atoms with Gasteiger partial charge in [0.05, 0.1) is 52.8 Å². The van der Waals surface area contributed by atoms with Crippen molar-refractivity contribution in [3.63, 3.8) is 0 Å². The third-order valence-corrected chi connectivity index (χ3v) is 13.6. The minimum Gasteiger partial charge on any atom is -0.508 e. The summed E-state index contributed by atoms with van der Waals surface area (Å²) in [6.07, 6.45) is 4.67. The van der Waals surface area contributed by atoms with Crippen molar-refractivity contribution < 1.29 is 28.6 Å². The van der Waals surface area contributed by atoms with Crippen LogP contribution in [0, 0.1) is 43.9 Å². The van der Waals surface area contributed by atoms with Crippen molar-refractivity contribution >= 4 is 28.9 Å². The molecule has 2 amide bonds. The Morgan fingerprint density at radius 2 is 1.07 bits per heavy atom. The van der Waals surface area contributed by atoms with E-state index in [2.05, 4.69) is 41.6 Å². The summed E-state index contributed by atoms with van der Waals surface area (Å²) in [7, 11) is 0. The van der Waals surface area contributed by atoms with Gasteiger partial charge < -0.3 is 54.0 Å². The summed E-state index contributed by atoms with van der Waals surface area (Å²) >= 11 is 0. The van der Waals surface area contributed by atoms with Crippen LogP contribution in [0.2, 0.25) is 0 Å². The minimum absolute atomic E-state index is 0.0245. The van der Waals surface area contributed by atoms with Crippen molar-refractivity contribution in [1.82, 2.24) is 35.5 Å². The number of aromatic hydroxyl groups is 2. The van der Waals surface area contributed by atoms with E-state index in [0.29, 0.717) is 76.6 Å². The van der Waals surface area contributed by atoms with Gasteiger partial charge >= 0.3 is 0 Å². The fourth-order valence-corrected chi connectivity index (χ4v) is 9.05. The van der Waals surface area contributed by atoms with Gasteiger partial charge in [-0.1, -0.05) is 72.8 Å². The van der Waals surface area contributed by atoms with E-state index in [1.165, 1.54) is 34.3 Å². The molecule has 81 heavy (non-hydrogen) atoms. The number of benzene rings is 6. The third kappa shape index (κ3) is 15.8. The molecule has 0 saturated heterocycles. The molecule has 2 atom stereocenters. The number of aryl methyl sites for hydroxylation is 2. The first-order chi connectivity index (χ1) is 39.3. The summed E-state index contributed by atoms with van der Waals surface area (Å²) in [5.74, 6) is -0.644. The molecule has 17 nitrogen and oxygen atoms in total. The lowest BCUT2D eigenvalue weighted by Crippen LogP contribution is -2.27. The van der Waals surface area contributed by atoms with Crippen molar-refractivity contribution in [2.45, 2.75) is 58.2 Å². The zero-order chi connectivity index (χ0) is 57.4. The number of carbonyl (C=O) groups is 2. The van der Waals surface area contributed by atoms with Gasteiger partial charge in [-0.15, -0.1) is 0 Å². The number of carbonyl (C=O) groups excluding carboxylic acids is 2. The molecule has 13 N–H and O–H groups in total. The number of phenols is 2. The van der Waals surface area contributed by atoms with Gasteiger partial charge in [0, 0.05) is 43.9 Å². The van der Waals surface area contributed by atoms with E-state index in [4.69, 9.17) is 23.8 Å². The first-order valence-electron chi connectivity index (χ1n) is 27.0. The van der Waals surface area contributed by atoms with Gasteiger partial charge in [0.25, 0.3) is 11.8 Å². The van der Waals surface area contributed by atoms with Crippen LogP contribution in [0.5, 0.6) is 11.5 Å². The van der Waals surface area contributed by atoms with E-state index in [1.54, 1.807) is 98.8 Å². The number of nitrogens with zero attached hydrogens (tertiary/aromatic N) is 5. The summed E-state index contributed by atoms with van der Waals surface area (Å²) < 4.78 is 32.8. The Kier molecular flexibility index (Phi) is 20.2. The van der Waals surface area contributed by atoms with Gasteiger partial charge in [-0.05, 0) is 154 Å². The molecule has 19 heteroatoms. The first-order valence-corrected chi connectivity index (χ1v) is 27.0. The second-order valence-electron chi connectivity index (χ2n) is 20.1. The lowest BCUT2D eigenvalue weighted by atomic mass is 9.97. The second-order valence-corrected chi connectivity index (χ2v) is 20.1. The fourth-order valence-electron chi connectivity index (χ4n) is 9.05. The zero-order valence-corrected chi connectivity index (χ0v) is 45.4. The fraction of sp³-hybridized carbons (Fsp3) is 0.274. The molecule has 420 valence electrons. The van der Waals surface area contributed by atoms with Crippen LogP contribution in [0.15, 0.2) is 146 Å². The molecule has 2 aromatic heterocycles. The van der Waals surface area contributed by atoms with Crippen LogP contribution in [0.3, 0.4) is 0 Å². The lowest BCUT2D eigenvalue weighted by Gasteiger charge is -2.22. The third-order valence-electron chi connectivity index (χ3n) is 13.6. The zero-order valence-electron chi connectivity index (χ0n) is 45.4. The minimum atomic E-state index is -0.576. The molecule has 0 radical (unpaired) electrons. The van der Waals surface area contributed by atoms with Crippen molar-refractivity contribution in [2.75, 3.05) is 49.9 Å². The molecule has 2 heterocycles. The molecule has 2 saturated carbocycles. The SMILES string of the molecule is Cc1cc(C(=O)Nc2cc(C(NCC3CC3)c3ccccc3O)ccc2F)n(-c2cccc(CN)c2)n1.NCCNCCN.[C-]#[N+]c1cccc(-n2nc(C)cc2C(=O)Nc2cc(C(NCC3CC3)c3ccccc3O)ccc2F)c1. The molecular weight excluding hydrogens is 1030 g/mol. The number of nitrogens with one attached hydrogen (secondary N) is 5. The van der Waals surface area contributed by atoms with Gasteiger partial charge in [0.1, 0.15) is 34.5 Å². The summed E-state index contributed by atoms with van der Waals surface area (Å²) in [6, 6.07) is 40.2. The number of aromatic nitrogens is 4. The second kappa shape index (κ2) is 28.0. The number of rotatable bonds is 21. The van der Waals surface area contributed by atoms with Crippen LogP contribution in [0.25, 0.3) is 16.2 Å². The highest BCUT2D eigenvalue weighted by Gasteiger charge is 2.28.